The summed E-state index contributed by atoms with van der Waals surface area (Å²) in [6, 6.07) is 4.59. The maximum absolute atomic E-state index is 11.8. The molecule has 1 aromatic carbocycles. The summed E-state index contributed by atoms with van der Waals surface area (Å²) in [5, 5.41) is 9.19. The lowest BCUT2D eigenvalue weighted by molar-refractivity contribution is -0.135. The third-order valence-corrected chi connectivity index (χ3v) is 2.59. The molecular weight excluding hydrogens is 262 g/mol. The van der Waals surface area contributed by atoms with Crippen molar-refractivity contribution in [2.45, 2.75) is 20.0 Å². The molecule has 0 aliphatic carbocycles. The van der Waals surface area contributed by atoms with Gasteiger partial charge in [-0.15, -0.1) is 0 Å². The van der Waals surface area contributed by atoms with Crippen LogP contribution in [0.15, 0.2) is 18.2 Å². The van der Waals surface area contributed by atoms with E-state index in [1.807, 2.05) is 0 Å². The molecule has 0 aliphatic heterocycles. The average molecular weight is 281 g/mol. The molecule has 0 fully saturated rings. The van der Waals surface area contributed by atoms with Gasteiger partial charge in [-0.05, 0) is 26.0 Å². The molecule has 0 saturated heterocycles. The second kappa shape index (κ2) is 6.79. The van der Waals surface area contributed by atoms with Gasteiger partial charge in [0.2, 0.25) is 0 Å². The van der Waals surface area contributed by atoms with E-state index < -0.39 is 12.1 Å². The van der Waals surface area contributed by atoms with Crippen LogP contribution in [0.3, 0.4) is 0 Å². The van der Waals surface area contributed by atoms with E-state index in [1.54, 1.807) is 40.1 Å². The predicted molar refractivity (Wildman–Crippen MR) is 73.4 cm³/mol. The van der Waals surface area contributed by atoms with E-state index >= 15 is 0 Å². The number of aromatic carboxylic acids is 1. The molecule has 0 radical (unpaired) electrons. The van der Waals surface area contributed by atoms with Crippen molar-refractivity contribution < 1.29 is 24.2 Å². The van der Waals surface area contributed by atoms with Crippen molar-refractivity contribution in [3.8, 4) is 11.5 Å². The van der Waals surface area contributed by atoms with Crippen molar-refractivity contribution in [1.29, 1.82) is 0 Å². The Hall–Kier alpha value is -2.24. The maximum Gasteiger partial charge on any atom is 0.339 e. The lowest BCUT2D eigenvalue weighted by atomic mass is 10.2. The molecule has 0 aliphatic rings. The minimum atomic E-state index is -1.13. The molecule has 1 atom stereocenters. The number of hydrogen-bond donors (Lipinski definition) is 1. The van der Waals surface area contributed by atoms with E-state index in [1.165, 1.54) is 11.0 Å². The molecule has 0 spiro atoms. The van der Waals surface area contributed by atoms with Gasteiger partial charge in [0.25, 0.3) is 5.91 Å². The highest BCUT2D eigenvalue weighted by Crippen LogP contribution is 2.32. The highest BCUT2D eigenvalue weighted by molar-refractivity contribution is 5.92. The quantitative estimate of drug-likeness (QED) is 0.857. The molecule has 20 heavy (non-hydrogen) atoms. The van der Waals surface area contributed by atoms with Gasteiger partial charge in [0.15, 0.2) is 17.6 Å². The van der Waals surface area contributed by atoms with Crippen LogP contribution >= 0.6 is 0 Å². The van der Waals surface area contributed by atoms with Crippen LogP contribution in [0.4, 0.5) is 0 Å². The van der Waals surface area contributed by atoms with Crippen LogP contribution < -0.4 is 9.47 Å². The van der Waals surface area contributed by atoms with Gasteiger partial charge in [-0.3, -0.25) is 4.79 Å². The Kier molecular flexibility index (Phi) is 5.37. The maximum atomic E-state index is 11.8. The number of carbonyl (C=O) groups excluding carboxylic acids is 1. The van der Waals surface area contributed by atoms with Crippen LogP contribution in [0.1, 0.15) is 24.2 Å². The molecule has 1 N–H and O–H groups in total. The van der Waals surface area contributed by atoms with Gasteiger partial charge in [-0.2, -0.15) is 0 Å². The highest BCUT2D eigenvalue weighted by atomic mass is 16.5. The van der Waals surface area contributed by atoms with Crippen molar-refractivity contribution >= 4 is 11.9 Å². The first kappa shape index (κ1) is 15.8. The van der Waals surface area contributed by atoms with Gasteiger partial charge in [0.1, 0.15) is 5.56 Å². The first-order valence-corrected chi connectivity index (χ1v) is 6.25. The number of amides is 1. The summed E-state index contributed by atoms with van der Waals surface area (Å²) in [7, 11) is 3.21. The number of carboxylic acids is 1. The zero-order valence-corrected chi connectivity index (χ0v) is 12.0. The number of benzene rings is 1. The molecular formula is C14H19NO5. The molecule has 0 aromatic heterocycles. The van der Waals surface area contributed by atoms with Crippen LogP contribution in [0.2, 0.25) is 0 Å². The van der Waals surface area contributed by atoms with E-state index in [0.717, 1.165) is 0 Å². The summed E-state index contributed by atoms with van der Waals surface area (Å²) in [5.74, 6) is -1.01. The fourth-order valence-corrected chi connectivity index (χ4v) is 1.67. The van der Waals surface area contributed by atoms with Crippen LogP contribution in [-0.4, -0.2) is 48.7 Å². The zero-order valence-electron chi connectivity index (χ0n) is 12.0. The lowest BCUT2D eigenvalue weighted by Crippen LogP contribution is -2.35. The third kappa shape index (κ3) is 3.63. The SMILES string of the molecule is CCOc1cccc(C(=O)O)c1OC(C)C(=O)N(C)C. The molecule has 1 rings (SSSR count). The van der Waals surface area contributed by atoms with Crippen LogP contribution in [0.5, 0.6) is 11.5 Å². The molecule has 110 valence electrons. The summed E-state index contributed by atoms with van der Waals surface area (Å²) >= 11 is 0. The topological polar surface area (TPSA) is 76.1 Å². The fraction of sp³-hybridized carbons (Fsp3) is 0.429. The van der Waals surface area contributed by atoms with E-state index in [9.17, 15) is 14.7 Å². The lowest BCUT2D eigenvalue weighted by Gasteiger charge is -2.21. The van der Waals surface area contributed by atoms with E-state index in [4.69, 9.17) is 9.47 Å². The number of rotatable bonds is 6. The van der Waals surface area contributed by atoms with Crippen LogP contribution in [0.25, 0.3) is 0 Å². The molecule has 0 heterocycles. The van der Waals surface area contributed by atoms with Crippen LogP contribution in [-0.2, 0) is 4.79 Å². The van der Waals surface area contributed by atoms with E-state index in [2.05, 4.69) is 0 Å². The molecule has 0 saturated carbocycles. The van der Waals surface area contributed by atoms with Crippen molar-refractivity contribution in [2.75, 3.05) is 20.7 Å². The predicted octanol–water partition coefficient (Wildman–Crippen LogP) is 1.64. The summed E-state index contributed by atoms with van der Waals surface area (Å²) in [5.41, 5.74) is -0.0330. The summed E-state index contributed by atoms with van der Waals surface area (Å²) in [6.07, 6.45) is -0.801. The average Bonchev–Trinajstić information content (AvgIpc) is 2.39. The number of hydrogen-bond acceptors (Lipinski definition) is 4. The second-order valence-electron chi connectivity index (χ2n) is 4.36. The van der Waals surface area contributed by atoms with Gasteiger partial charge in [0, 0.05) is 14.1 Å². The van der Waals surface area contributed by atoms with Crippen molar-refractivity contribution in [3.05, 3.63) is 23.8 Å². The standard InChI is InChI=1S/C14H19NO5/c1-5-19-11-8-6-7-10(14(17)18)12(11)20-9(2)13(16)15(3)4/h6-9H,5H2,1-4H3,(H,17,18). The third-order valence-electron chi connectivity index (χ3n) is 2.59. The summed E-state index contributed by atoms with van der Waals surface area (Å²) < 4.78 is 10.9. The molecule has 0 bridgehead atoms. The largest absolute Gasteiger partial charge is 0.490 e. The fourth-order valence-electron chi connectivity index (χ4n) is 1.67. The van der Waals surface area contributed by atoms with Gasteiger partial charge in [0.05, 0.1) is 6.61 Å². The van der Waals surface area contributed by atoms with E-state index in [-0.39, 0.29) is 17.2 Å². The monoisotopic (exact) mass is 281 g/mol. The summed E-state index contributed by atoms with van der Waals surface area (Å²) in [6.45, 7) is 3.72. The van der Waals surface area contributed by atoms with Crippen molar-refractivity contribution in [3.63, 3.8) is 0 Å². The minimum absolute atomic E-state index is 0.0330. The molecule has 6 heteroatoms. The molecule has 6 nitrogen and oxygen atoms in total. The Morgan fingerprint density at radius 1 is 1.35 bits per heavy atom. The van der Waals surface area contributed by atoms with Crippen molar-refractivity contribution in [1.82, 2.24) is 4.90 Å². The van der Waals surface area contributed by atoms with Crippen molar-refractivity contribution in [2.24, 2.45) is 0 Å². The van der Waals surface area contributed by atoms with Gasteiger partial charge in [-0.25, -0.2) is 4.79 Å². The van der Waals surface area contributed by atoms with Gasteiger partial charge in [-0.1, -0.05) is 6.07 Å². The highest BCUT2D eigenvalue weighted by Gasteiger charge is 2.23. The van der Waals surface area contributed by atoms with E-state index in [0.29, 0.717) is 12.4 Å². The zero-order chi connectivity index (χ0) is 15.3. The van der Waals surface area contributed by atoms with Gasteiger partial charge >= 0.3 is 5.97 Å². The molecule has 1 unspecified atom stereocenters. The number of carboxylic acid groups (broad SMARTS) is 1. The first-order valence-electron chi connectivity index (χ1n) is 6.25. The Balaban J connectivity index is 3.13. The Bertz CT molecular complexity index is 498. The minimum Gasteiger partial charge on any atom is -0.490 e. The normalized spacial score (nSPS) is 11.6. The smallest absolute Gasteiger partial charge is 0.339 e. The number of carbonyl (C=O) groups is 2. The van der Waals surface area contributed by atoms with Crippen LogP contribution in [0, 0.1) is 0 Å². The number of nitrogens with zero attached hydrogens (tertiary/aromatic N) is 1. The Morgan fingerprint density at radius 3 is 2.50 bits per heavy atom. The number of para-hydroxylation sites is 1. The summed E-state index contributed by atoms with van der Waals surface area (Å²) in [4.78, 5) is 24.4. The van der Waals surface area contributed by atoms with Gasteiger partial charge < -0.3 is 19.5 Å². The Morgan fingerprint density at radius 2 is 2.00 bits per heavy atom. The number of ether oxygens (including phenoxy) is 2. The first-order chi connectivity index (χ1) is 9.38. The molecule has 1 aromatic rings. The Labute approximate surface area is 117 Å². The number of likely N-dealkylation sites (N-methyl/N-ethyl adjacent to an activating group) is 1. The second-order valence-corrected chi connectivity index (χ2v) is 4.36. The molecule has 1 amide bonds.